The zero-order chi connectivity index (χ0) is 22.2. The van der Waals surface area contributed by atoms with Gasteiger partial charge >= 0.3 is 6.09 Å². The van der Waals surface area contributed by atoms with E-state index in [1.54, 1.807) is 20.8 Å². The highest BCUT2D eigenvalue weighted by Gasteiger charge is 2.23. The topological polar surface area (TPSA) is 73.2 Å². The number of carbonyl (C=O) groups excluding carboxylic acids is 1. The Labute approximate surface area is 170 Å². The molecular formula is C21H20F3N3O3. The number of ether oxygens (including phenoxy) is 1. The molecule has 1 heterocycles. The maximum absolute atomic E-state index is 13.8. The molecule has 0 fully saturated rings. The molecule has 0 aliphatic heterocycles. The Morgan fingerprint density at radius 3 is 2.30 bits per heavy atom. The van der Waals surface area contributed by atoms with Crippen LogP contribution in [0.25, 0.3) is 16.6 Å². The highest BCUT2D eigenvalue weighted by Crippen LogP contribution is 2.21. The van der Waals surface area contributed by atoms with Crippen LogP contribution in [0.2, 0.25) is 0 Å². The molecule has 6 nitrogen and oxygen atoms in total. The fraction of sp³-hybridized carbons (Fsp3) is 0.286. The Kier molecular flexibility index (Phi) is 5.56. The molecule has 3 aromatic rings. The van der Waals surface area contributed by atoms with Gasteiger partial charge in [-0.15, -0.1) is 0 Å². The summed E-state index contributed by atoms with van der Waals surface area (Å²) in [5.74, 6) is -2.48. The summed E-state index contributed by atoms with van der Waals surface area (Å²) in [7, 11) is 0. The maximum atomic E-state index is 13.8. The van der Waals surface area contributed by atoms with Gasteiger partial charge in [0.2, 0.25) is 0 Å². The summed E-state index contributed by atoms with van der Waals surface area (Å²) in [6, 6.07) is 5.11. The number of benzene rings is 2. The van der Waals surface area contributed by atoms with E-state index in [9.17, 15) is 22.8 Å². The highest BCUT2D eigenvalue weighted by molar-refractivity contribution is 5.78. The summed E-state index contributed by atoms with van der Waals surface area (Å²) in [5, 5.41) is 2.47. The lowest BCUT2D eigenvalue weighted by Crippen LogP contribution is -2.37. The van der Waals surface area contributed by atoms with Crippen molar-refractivity contribution in [3.63, 3.8) is 0 Å². The molecule has 0 bridgehead atoms. The van der Waals surface area contributed by atoms with Gasteiger partial charge in [0.1, 0.15) is 28.9 Å². The quantitative estimate of drug-likeness (QED) is 0.684. The maximum Gasteiger partial charge on any atom is 0.408 e. The molecule has 0 saturated carbocycles. The normalized spacial score (nSPS) is 12.6. The first-order chi connectivity index (χ1) is 13.9. The molecule has 1 N–H and O–H groups in total. The van der Waals surface area contributed by atoms with Crippen molar-refractivity contribution in [1.82, 2.24) is 14.9 Å². The minimum atomic E-state index is -0.907. The average molecular weight is 419 g/mol. The predicted octanol–water partition coefficient (Wildman–Crippen LogP) is 4.39. The molecule has 1 atom stereocenters. The fourth-order valence-electron chi connectivity index (χ4n) is 2.93. The number of alkyl carbamates (subject to hydrolysis) is 1. The third-order valence-corrected chi connectivity index (χ3v) is 4.08. The van der Waals surface area contributed by atoms with E-state index in [4.69, 9.17) is 4.74 Å². The van der Waals surface area contributed by atoms with Gasteiger partial charge in [-0.2, -0.15) is 0 Å². The first kappa shape index (κ1) is 21.4. The second-order valence-corrected chi connectivity index (χ2v) is 7.77. The molecule has 1 aromatic heterocycles. The molecule has 1 unspecified atom stereocenters. The second-order valence-electron chi connectivity index (χ2n) is 7.77. The van der Waals surface area contributed by atoms with E-state index in [1.165, 1.54) is 13.0 Å². The summed E-state index contributed by atoms with van der Waals surface area (Å²) < 4.78 is 47.5. The van der Waals surface area contributed by atoms with Crippen LogP contribution < -0.4 is 10.9 Å². The lowest BCUT2D eigenvalue weighted by molar-refractivity contribution is 0.0505. The van der Waals surface area contributed by atoms with Crippen LogP contribution >= 0.6 is 0 Å². The van der Waals surface area contributed by atoms with Crippen LogP contribution in [0.1, 0.15) is 39.6 Å². The number of fused-ring (bicyclic) bond motifs is 1. The van der Waals surface area contributed by atoms with Crippen LogP contribution in [-0.4, -0.2) is 21.2 Å². The second kappa shape index (κ2) is 7.81. The molecule has 0 saturated heterocycles. The van der Waals surface area contributed by atoms with Crippen LogP contribution in [-0.2, 0) is 4.74 Å². The van der Waals surface area contributed by atoms with Gasteiger partial charge in [-0.1, -0.05) is 0 Å². The molecule has 2 aromatic carbocycles. The third-order valence-electron chi connectivity index (χ3n) is 4.08. The molecule has 9 heteroatoms. The van der Waals surface area contributed by atoms with Gasteiger partial charge in [-0.05, 0) is 58.0 Å². The van der Waals surface area contributed by atoms with E-state index in [0.29, 0.717) is 6.07 Å². The van der Waals surface area contributed by atoms with E-state index in [-0.39, 0.29) is 22.4 Å². The number of halogens is 3. The Hall–Kier alpha value is -3.36. The molecule has 158 valence electrons. The van der Waals surface area contributed by atoms with Crippen LogP contribution in [0.15, 0.2) is 41.2 Å². The monoisotopic (exact) mass is 419 g/mol. The van der Waals surface area contributed by atoms with Crippen LogP contribution in [0.4, 0.5) is 18.0 Å². The van der Waals surface area contributed by atoms with Crippen molar-refractivity contribution in [1.29, 1.82) is 0 Å². The zero-order valence-electron chi connectivity index (χ0n) is 16.8. The number of hydrogen-bond donors (Lipinski definition) is 1. The number of hydrogen-bond acceptors (Lipinski definition) is 4. The van der Waals surface area contributed by atoms with Gasteiger partial charge in [0.15, 0.2) is 0 Å². The van der Waals surface area contributed by atoms with Crippen molar-refractivity contribution < 1.29 is 22.7 Å². The van der Waals surface area contributed by atoms with Crippen molar-refractivity contribution in [2.24, 2.45) is 0 Å². The molecule has 3 rings (SSSR count). The number of aromatic nitrogens is 2. The van der Waals surface area contributed by atoms with Gasteiger partial charge in [0.25, 0.3) is 5.56 Å². The van der Waals surface area contributed by atoms with Crippen molar-refractivity contribution in [3.8, 4) is 5.69 Å². The zero-order valence-corrected chi connectivity index (χ0v) is 16.8. The lowest BCUT2D eigenvalue weighted by Gasteiger charge is -2.23. The number of carbonyl (C=O) groups is 1. The highest BCUT2D eigenvalue weighted by atomic mass is 19.1. The molecule has 0 radical (unpaired) electrons. The smallest absolute Gasteiger partial charge is 0.408 e. The first-order valence-electron chi connectivity index (χ1n) is 9.13. The predicted molar refractivity (Wildman–Crippen MR) is 105 cm³/mol. The standard InChI is InChI=1S/C21H20F3N3O3/c1-11(25-20(29)30-21(2,3)4)18-26-17-6-5-12(22)10-16(17)19(28)27(18)15-8-13(23)7-14(24)9-15/h5-11H,1-4H3,(H,25,29). The Bertz CT molecular complexity index is 1170. The number of nitrogens with one attached hydrogen (secondary N) is 1. The Morgan fingerprint density at radius 1 is 1.07 bits per heavy atom. The van der Waals surface area contributed by atoms with E-state index in [0.717, 1.165) is 28.8 Å². The first-order valence-corrected chi connectivity index (χ1v) is 9.13. The van der Waals surface area contributed by atoms with Crippen molar-refractivity contribution in [2.75, 3.05) is 0 Å². The van der Waals surface area contributed by atoms with E-state index >= 15 is 0 Å². The summed E-state index contributed by atoms with van der Waals surface area (Å²) >= 11 is 0. The molecule has 0 aliphatic carbocycles. The minimum absolute atomic E-state index is 0.00466. The fourth-order valence-corrected chi connectivity index (χ4v) is 2.93. The molecule has 30 heavy (non-hydrogen) atoms. The summed E-state index contributed by atoms with van der Waals surface area (Å²) in [6.07, 6.45) is -0.763. The van der Waals surface area contributed by atoms with Gasteiger partial charge in [-0.3, -0.25) is 9.36 Å². The number of rotatable bonds is 3. The van der Waals surface area contributed by atoms with E-state index in [2.05, 4.69) is 10.3 Å². The Morgan fingerprint density at radius 2 is 1.70 bits per heavy atom. The van der Waals surface area contributed by atoms with Crippen molar-refractivity contribution >= 4 is 17.0 Å². The summed E-state index contributed by atoms with van der Waals surface area (Å²) in [5.41, 5.74) is -1.48. The van der Waals surface area contributed by atoms with Gasteiger partial charge in [0, 0.05) is 6.07 Å². The van der Waals surface area contributed by atoms with E-state index in [1.807, 2.05) is 0 Å². The van der Waals surface area contributed by atoms with Crippen LogP contribution in [0.5, 0.6) is 0 Å². The van der Waals surface area contributed by atoms with Gasteiger partial charge in [0.05, 0.1) is 22.6 Å². The summed E-state index contributed by atoms with van der Waals surface area (Å²) in [6.45, 7) is 6.59. The number of nitrogens with zero attached hydrogens (tertiary/aromatic N) is 2. The average Bonchev–Trinajstić information content (AvgIpc) is 2.59. The SMILES string of the molecule is CC(NC(=O)OC(C)(C)C)c1nc2ccc(F)cc2c(=O)n1-c1cc(F)cc(F)c1. The van der Waals surface area contributed by atoms with Gasteiger partial charge in [-0.25, -0.2) is 22.9 Å². The lowest BCUT2D eigenvalue weighted by atomic mass is 10.2. The van der Waals surface area contributed by atoms with Crippen molar-refractivity contribution in [3.05, 3.63) is 70.0 Å². The van der Waals surface area contributed by atoms with E-state index < -0.39 is 40.7 Å². The minimum Gasteiger partial charge on any atom is -0.444 e. The summed E-state index contributed by atoms with van der Waals surface area (Å²) in [4.78, 5) is 29.6. The largest absolute Gasteiger partial charge is 0.444 e. The molecule has 0 aliphatic rings. The number of amides is 1. The Balaban J connectivity index is 2.20. The molecule has 0 spiro atoms. The van der Waals surface area contributed by atoms with Crippen LogP contribution in [0.3, 0.4) is 0 Å². The van der Waals surface area contributed by atoms with Gasteiger partial charge < -0.3 is 10.1 Å². The van der Waals surface area contributed by atoms with Crippen molar-refractivity contribution in [2.45, 2.75) is 39.3 Å². The molecule has 1 amide bonds. The van der Waals surface area contributed by atoms with Crippen LogP contribution in [0, 0.1) is 17.5 Å². The third kappa shape index (κ3) is 4.61. The molecular weight excluding hydrogens is 399 g/mol.